The summed E-state index contributed by atoms with van der Waals surface area (Å²) in [5.74, 6) is 0. The van der Waals surface area contributed by atoms with Crippen molar-refractivity contribution in [2.45, 2.75) is 58.0 Å². The summed E-state index contributed by atoms with van der Waals surface area (Å²) in [6.07, 6.45) is 7.50. The molecule has 1 aliphatic heterocycles. The van der Waals surface area contributed by atoms with Gasteiger partial charge >= 0.3 is 0 Å². The van der Waals surface area contributed by atoms with Gasteiger partial charge in [0.1, 0.15) is 26.2 Å². The molecule has 2 heteroatoms. The highest BCUT2D eigenvalue weighted by molar-refractivity contribution is 4.64. The largest absolute Gasteiger partial charge is 0.324 e. The van der Waals surface area contributed by atoms with Crippen LogP contribution in [0.15, 0.2) is 0 Å². The number of nitrogens with one attached hydrogen (secondary N) is 2. The Morgan fingerprint density at radius 3 is 2.00 bits per heavy atom. The quantitative estimate of drug-likeness (QED) is 0.611. The Balaban J connectivity index is 1.77. The molecule has 2 aliphatic rings. The molecule has 0 aromatic rings. The van der Waals surface area contributed by atoms with E-state index in [-0.39, 0.29) is 0 Å². The van der Waals surface area contributed by atoms with Gasteiger partial charge in [0.25, 0.3) is 0 Å². The van der Waals surface area contributed by atoms with E-state index >= 15 is 0 Å². The monoisotopic (exact) mass is 212 g/mol. The number of hydrogen-bond acceptors (Lipinski definition) is 0. The van der Waals surface area contributed by atoms with Gasteiger partial charge in [-0.3, -0.25) is 0 Å². The molecule has 1 saturated carbocycles. The molecule has 1 heterocycles. The summed E-state index contributed by atoms with van der Waals surface area (Å²) >= 11 is 0. The average molecular weight is 212 g/mol. The van der Waals surface area contributed by atoms with E-state index in [0.29, 0.717) is 0 Å². The van der Waals surface area contributed by atoms with E-state index in [4.69, 9.17) is 0 Å². The molecule has 2 rings (SSSR count). The minimum Gasteiger partial charge on any atom is -0.324 e. The normalized spacial score (nSPS) is 34.6. The second-order valence-electron chi connectivity index (χ2n) is 5.81. The standard InChI is InChI=1S/C13H26N2/c1-12(2)14-8-10-15(11-9-14)13-6-4-3-5-7-13/h12-13H,3-11H2,1-2H3/p+2. The molecule has 0 bridgehead atoms. The summed E-state index contributed by atoms with van der Waals surface area (Å²) in [6.45, 7) is 10.4. The van der Waals surface area contributed by atoms with E-state index in [2.05, 4.69) is 13.8 Å². The third-order valence-corrected chi connectivity index (χ3v) is 4.53. The van der Waals surface area contributed by atoms with Gasteiger partial charge in [0, 0.05) is 0 Å². The van der Waals surface area contributed by atoms with Crippen molar-refractivity contribution in [3.63, 3.8) is 0 Å². The Hall–Kier alpha value is -0.0800. The number of rotatable bonds is 2. The van der Waals surface area contributed by atoms with E-state index in [0.717, 1.165) is 12.1 Å². The van der Waals surface area contributed by atoms with Crippen LogP contribution in [0.5, 0.6) is 0 Å². The van der Waals surface area contributed by atoms with Crippen molar-refractivity contribution in [2.75, 3.05) is 26.2 Å². The van der Waals surface area contributed by atoms with Crippen LogP contribution >= 0.6 is 0 Å². The maximum atomic E-state index is 2.36. The summed E-state index contributed by atoms with van der Waals surface area (Å²) < 4.78 is 0. The fourth-order valence-electron chi connectivity index (χ4n) is 3.39. The lowest BCUT2D eigenvalue weighted by atomic mass is 9.94. The van der Waals surface area contributed by atoms with E-state index in [1.165, 1.54) is 58.3 Å². The van der Waals surface area contributed by atoms with Crippen LogP contribution in [0.3, 0.4) is 0 Å². The minimum absolute atomic E-state index is 0.831. The Labute approximate surface area is 94.6 Å². The van der Waals surface area contributed by atoms with Crippen molar-refractivity contribution in [1.82, 2.24) is 0 Å². The lowest BCUT2D eigenvalue weighted by Gasteiger charge is -2.37. The summed E-state index contributed by atoms with van der Waals surface area (Å²) in [7, 11) is 0. The maximum Gasteiger partial charge on any atom is 0.127 e. The molecule has 1 saturated heterocycles. The van der Waals surface area contributed by atoms with Gasteiger partial charge in [-0.1, -0.05) is 6.42 Å². The van der Waals surface area contributed by atoms with Gasteiger partial charge in [-0.25, -0.2) is 0 Å². The highest BCUT2D eigenvalue weighted by Gasteiger charge is 2.30. The molecule has 2 N–H and O–H groups in total. The van der Waals surface area contributed by atoms with Crippen molar-refractivity contribution in [1.29, 1.82) is 0 Å². The van der Waals surface area contributed by atoms with Crippen LogP contribution in [-0.4, -0.2) is 38.3 Å². The van der Waals surface area contributed by atoms with Crippen LogP contribution in [0.2, 0.25) is 0 Å². The molecule has 2 nitrogen and oxygen atoms in total. The first-order chi connectivity index (χ1) is 7.27. The zero-order valence-corrected chi connectivity index (χ0v) is 10.5. The number of hydrogen-bond donors (Lipinski definition) is 2. The average Bonchev–Trinajstić information content (AvgIpc) is 2.30. The third kappa shape index (κ3) is 2.94. The molecule has 1 aliphatic carbocycles. The lowest BCUT2D eigenvalue weighted by molar-refractivity contribution is -1.03. The van der Waals surface area contributed by atoms with Gasteiger partial charge in [-0.2, -0.15) is 0 Å². The van der Waals surface area contributed by atoms with E-state index < -0.39 is 0 Å². The Bertz CT molecular complexity index is 177. The highest BCUT2D eigenvalue weighted by atomic mass is 15.3. The Morgan fingerprint density at radius 1 is 0.867 bits per heavy atom. The molecule has 0 aromatic carbocycles. The fraction of sp³-hybridized carbons (Fsp3) is 1.00. The molecule has 15 heavy (non-hydrogen) atoms. The van der Waals surface area contributed by atoms with Crippen LogP contribution in [0, 0.1) is 0 Å². The Morgan fingerprint density at radius 2 is 1.47 bits per heavy atom. The zero-order chi connectivity index (χ0) is 10.7. The van der Waals surface area contributed by atoms with Gasteiger partial charge in [-0.15, -0.1) is 0 Å². The predicted octanol–water partition coefficient (Wildman–Crippen LogP) is -0.489. The molecular weight excluding hydrogens is 184 g/mol. The molecule has 0 radical (unpaired) electrons. The molecule has 0 unspecified atom stereocenters. The minimum atomic E-state index is 0.831. The fourth-order valence-corrected chi connectivity index (χ4v) is 3.39. The number of piperazine rings is 1. The van der Waals surface area contributed by atoms with Crippen molar-refractivity contribution in [3.8, 4) is 0 Å². The molecule has 0 atom stereocenters. The van der Waals surface area contributed by atoms with Crippen LogP contribution in [-0.2, 0) is 0 Å². The molecular formula is C13H28N2+2. The van der Waals surface area contributed by atoms with Crippen molar-refractivity contribution >= 4 is 0 Å². The van der Waals surface area contributed by atoms with Gasteiger partial charge in [0.2, 0.25) is 0 Å². The SMILES string of the molecule is CC(C)[NH+]1CC[NH+](C2CCCCC2)CC1. The first kappa shape index (κ1) is 11.4. The van der Waals surface area contributed by atoms with Gasteiger partial charge in [-0.05, 0) is 39.5 Å². The topological polar surface area (TPSA) is 8.88 Å². The molecule has 0 aromatic heterocycles. The zero-order valence-electron chi connectivity index (χ0n) is 10.5. The second kappa shape index (κ2) is 5.31. The first-order valence-corrected chi connectivity index (χ1v) is 6.96. The highest BCUT2D eigenvalue weighted by Crippen LogP contribution is 2.15. The van der Waals surface area contributed by atoms with E-state index in [1.807, 2.05) is 9.80 Å². The molecule has 0 spiro atoms. The van der Waals surface area contributed by atoms with Gasteiger partial charge in [0.15, 0.2) is 0 Å². The van der Waals surface area contributed by atoms with Gasteiger partial charge in [0.05, 0.1) is 12.1 Å². The Kier molecular flexibility index (Phi) is 4.04. The summed E-state index contributed by atoms with van der Waals surface area (Å²) in [4.78, 5) is 3.76. The van der Waals surface area contributed by atoms with E-state index in [9.17, 15) is 0 Å². The van der Waals surface area contributed by atoms with Crippen molar-refractivity contribution in [3.05, 3.63) is 0 Å². The number of quaternary nitrogens is 2. The van der Waals surface area contributed by atoms with Crippen LogP contribution < -0.4 is 9.80 Å². The molecule has 88 valence electrons. The van der Waals surface area contributed by atoms with Crippen molar-refractivity contribution < 1.29 is 9.80 Å². The summed E-state index contributed by atoms with van der Waals surface area (Å²) in [5.41, 5.74) is 0. The summed E-state index contributed by atoms with van der Waals surface area (Å²) in [5, 5.41) is 0. The summed E-state index contributed by atoms with van der Waals surface area (Å²) in [6, 6.07) is 1.85. The van der Waals surface area contributed by atoms with Crippen molar-refractivity contribution in [2.24, 2.45) is 0 Å². The molecule has 0 amide bonds. The second-order valence-corrected chi connectivity index (χ2v) is 5.81. The predicted molar refractivity (Wildman–Crippen MR) is 63.4 cm³/mol. The van der Waals surface area contributed by atoms with Gasteiger partial charge < -0.3 is 9.80 Å². The van der Waals surface area contributed by atoms with Crippen LogP contribution in [0.25, 0.3) is 0 Å². The van der Waals surface area contributed by atoms with E-state index in [1.54, 1.807) is 0 Å². The molecule has 2 fully saturated rings. The van der Waals surface area contributed by atoms with Crippen LogP contribution in [0.1, 0.15) is 46.0 Å². The first-order valence-electron chi connectivity index (χ1n) is 6.96. The maximum absolute atomic E-state index is 2.36. The smallest absolute Gasteiger partial charge is 0.127 e. The third-order valence-electron chi connectivity index (χ3n) is 4.53. The van der Waals surface area contributed by atoms with Crippen LogP contribution in [0.4, 0.5) is 0 Å². The lowest BCUT2D eigenvalue weighted by Crippen LogP contribution is -3.30.